The summed E-state index contributed by atoms with van der Waals surface area (Å²) in [6, 6.07) is 8.68. The van der Waals surface area contributed by atoms with Gasteiger partial charge in [0.1, 0.15) is 0 Å². The molecule has 0 amide bonds. The molecule has 2 nitrogen and oxygen atoms in total. The Labute approximate surface area is 127 Å². The van der Waals surface area contributed by atoms with Crippen molar-refractivity contribution in [3.63, 3.8) is 0 Å². The summed E-state index contributed by atoms with van der Waals surface area (Å²) in [5.74, 6) is 0. The third-order valence-electron chi connectivity index (χ3n) is 4.02. The lowest BCUT2D eigenvalue weighted by Crippen LogP contribution is -2.31. The molecule has 0 aromatic heterocycles. The third kappa shape index (κ3) is 5.08. The van der Waals surface area contributed by atoms with Gasteiger partial charge in [0.05, 0.1) is 6.10 Å². The van der Waals surface area contributed by atoms with Crippen molar-refractivity contribution < 1.29 is 4.74 Å². The van der Waals surface area contributed by atoms with Crippen molar-refractivity contribution in [3.05, 3.63) is 34.9 Å². The van der Waals surface area contributed by atoms with Gasteiger partial charge in [-0.3, -0.25) is 0 Å². The van der Waals surface area contributed by atoms with Gasteiger partial charge in [0.15, 0.2) is 0 Å². The molecule has 1 N–H and O–H groups in total. The standard InChI is InChI=1S/C17H26ClNO/c1-2-19-15(8-5-9-16-10-6-12-20-16)13-14-7-3-4-11-17(14)18/h3-4,7,11,15-16,19H,2,5-6,8-10,12-13H2,1H3. The first-order valence-electron chi connectivity index (χ1n) is 7.88. The Morgan fingerprint density at radius 2 is 2.25 bits per heavy atom. The Hall–Kier alpha value is -0.570. The number of nitrogens with one attached hydrogen (secondary N) is 1. The van der Waals surface area contributed by atoms with Gasteiger partial charge in [-0.25, -0.2) is 0 Å². The second-order valence-corrected chi connectivity index (χ2v) is 6.02. The lowest BCUT2D eigenvalue weighted by atomic mass is 9.99. The lowest BCUT2D eigenvalue weighted by molar-refractivity contribution is 0.101. The van der Waals surface area contributed by atoms with E-state index in [4.69, 9.17) is 16.3 Å². The zero-order valence-corrected chi connectivity index (χ0v) is 13.2. The Kier molecular flexibility index (Phi) is 6.85. The van der Waals surface area contributed by atoms with Gasteiger partial charge < -0.3 is 10.1 Å². The minimum atomic E-state index is 0.512. The van der Waals surface area contributed by atoms with Crippen LogP contribution in [0.3, 0.4) is 0 Å². The summed E-state index contributed by atoms with van der Waals surface area (Å²) in [5.41, 5.74) is 1.25. The smallest absolute Gasteiger partial charge is 0.0576 e. The fourth-order valence-electron chi connectivity index (χ4n) is 2.96. The largest absolute Gasteiger partial charge is 0.378 e. The van der Waals surface area contributed by atoms with Crippen molar-refractivity contribution in [1.82, 2.24) is 5.32 Å². The SMILES string of the molecule is CCNC(CCCC1CCCO1)Cc1ccccc1Cl. The second kappa shape index (κ2) is 8.66. The highest BCUT2D eigenvalue weighted by molar-refractivity contribution is 6.31. The average molecular weight is 296 g/mol. The van der Waals surface area contributed by atoms with Crippen LogP contribution in [-0.2, 0) is 11.2 Å². The van der Waals surface area contributed by atoms with Gasteiger partial charge in [0.2, 0.25) is 0 Å². The molecule has 2 atom stereocenters. The molecule has 2 unspecified atom stereocenters. The molecule has 0 radical (unpaired) electrons. The van der Waals surface area contributed by atoms with E-state index in [1.54, 1.807) is 0 Å². The maximum absolute atomic E-state index is 6.26. The minimum Gasteiger partial charge on any atom is -0.378 e. The van der Waals surface area contributed by atoms with E-state index < -0.39 is 0 Å². The van der Waals surface area contributed by atoms with Gasteiger partial charge in [0, 0.05) is 17.7 Å². The van der Waals surface area contributed by atoms with Crippen LogP contribution in [0, 0.1) is 0 Å². The molecule has 1 aromatic carbocycles. The summed E-state index contributed by atoms with van der Waals surface area (Å²) in [4.78, 5) is 0. The van der Waals surface area contributed by atoms with Crippen LogP contribution in [0.15, 0.2) is 24.3 Å². The zero-order valence-electron chi connectivity index (χ0n) is 12.4. The Bertz CT molecular complexity index is 390. The fraction of sp³-hybridized carbons (Fsp3) is 0.647. The van der Waals surface area contributed by atoms with E-state index in [-0.39, 0.29) is 0 Å². The minimum absolute atomic E-state index is 0.512. The Balaban J connectivity index is 1.78. The molecule has 20 heavy (non-hydrogen) atoms. The predicted octanol–water partition coefficient (Wildman–Crippen LogP) is 4.21. The number of ether oxygens (including phenoxy) is 1. The fourth-order valence-corrected chi connectivity index (χ4v) is 3.17. The molecule has 1 heterocycles. The van der Waals surface area contributed by atoms with Crippen molar-refractivity contribution in [1.29, 1.82) is 0 Å². The highest BCUT2D eigenvalue weighted by Crippen LogP contribution is 2.21. The molecular weight excluding hydrogens is 270 g/mol. The van der Waals surface area contributed by atoms with E-state index in [2.05, 4.69) is 24.4 Å². The van der Waals surface area contributed by atoms with Crippen LogP contribution in [0.1, 0.15) is 44.6 Å². The van der Waals surface area contributed by atoms with Gasteiger partial charge in [-0.05, 0) is 56.7 Å². The van der Waals surface area contributed by atoms with Crippen LogP contribution in [0.25, 0.3) is 0 Å². The van der Waals surface area contributed by atoms with Gasteiger partial charge >= 0.3 is 0 Å². The van der Waals surface area contributed by atoms with Gasteiger partial charge in [0.25, 0.3) is 0 Å². The molecule has 0 spiro atoms. The lowest BCUT2D eigenvalue weighted by Gasteiger charge is -2.19. The topological polar surface area (TPSA) is 21.3 Å². The molecular formula is C17H26ClNO. The summed E-state index contributed by atoms with van der Waals surface area (Å²) >= 11 is 6.26. The highest BCUT2D eigenvalue weighted by atomic mass is 35.5. The van der Waals surface area contributed by atoms with Crippen LogP contribution >= 0.6 is 11.6 Å². The van der Waals surface area contributed by atoms with Crippen LogP contribution in [0.2, 0.25) is 5.02 Å². The van der Waals surface area contributed by atoms with Crippen molar-refractivity contribution in [2.24, 2.45) is 0 Å². The number of hydrogen-bond donors (Lipinski definition) is 1. The van der Waals surface area contributed by atoms with Crippen LogP contribution in [0.4, 0.5) is 0 Å². The van der Waals surface area contributed by atoms with Crippen molar-refractivity contribution >= 4 is 11.6 Å². The summed E-state index contributed by atoms with van der Waals surface area (Å²) in [5, 5.41) is 4.47. The van der Waals surface area contributed by atoms with Crippen LogP contribution < -0.4 is 5.32 Å². The van der Waals surface area contributed by atoms with E-state index in [1.165, 1.54) is 37.7 Å². The number of likely N-dealkylation sites (N-methyl/N-ethyl adjacent to an activating group) is 1. The molecule has 0 aliphatic carbocycles. The molecule has 1 aliphatic heterocycles. The Morgan fingerprint density at radius 1 is 1.40 bits per heavy atom. The summed E-state index contributed by atoms with van der Waals surface area (Å²) in [7, 11) is 0. The summed E-state index contributed by atoms with van der Waals surface area (Å²) < 4.78 is 5.69. The maximum atomic E-state index is 6.26. The molecule has 1 saturated heterocycles. The highest BCUT2D eigenvalue weighted by Gasteiger charge is 2.16. The molecule has 0 bridgehead atoms. The normalized spacial score (nSPS) is 20.2. The maximum Gasteiger partial charge on any atom is 0.0576 e. The van der Waals surface area contributed by atoms with E-state index in [0.29, 0.717) is 12.1 Å². The zero-order chi connectivity index (χ0) is 14.2. The number of halogens is 1. The monoisotopic (exact) mass is 295 g/mol. The number of rotatable bonds is 8. The quantitative estimate of drug-likeness (QED) is 0.776. The van der Waals surface area contributed by atoms with Gasteiger partial charge in [-0.1, -0.05) is 36.7 Å². The van der Waals surface area contributed by atoms with E-state index >= 15 is 0 Å². The van der Waals surface area contributed by atoms with E-state index in [0.717, 1.165) is 24.6 Å². The van der Waals surface area contributed by atoms with Gasteiger partial charge in [-0.15, -0.1) is 0 Å². The second-order valence-electron chi connectivity index (χ2n) is 5.62. The Morgan fingerprint density at radius 3 is 2.95 bits per heavy atom. The number of benzene rings is 1. The van der Waals surface area contributed by atoms with E-state index in [9.17, 15) is 0 Å². The predicted molar refractivity (Wildman–Crippen MR) is 85.4 cm³/mol. The van der Waals surface area contributed by atoms with Gasteiger partial charge in [-0.2, -0.15) is 0 Å². The van der Waals surface area contributed by atoms with Crippen molar-refractivity contribution in [2.45, 2.75) is 57.6 Å². The first-order chi connectivity index (χ1) is 9.79. The first kappa shape index (κ1) is 15.8. The molecule has 1 aromatic rings. The summed E-state index contributed by atoms with van der Waals surface area (Å²) in [6.07, 6.45) is 7.63. The average Bonchev–Trinajstić information content (AvgIpc) is 2.95. The summed E-state index contributed by atoms with van der Waals surface area (Å²) in [6.45, 7) is 4.13. The third-order valence-corrected chi connectivity index (χ3v) is 4.39. The molecule has 0 saturated carbocycles. The number of hydrogen-bond acceptors (Lipinski definition) is 2. The van der Waals surface area contributed by atoms with E-state index in [1.807, 2.05) is 12.1 Å². The molecule has 1 aliphatic rings. The molecule has 3 heteroatoms. The van der Waals surface area contributed by atoms with Crippen LogP contribution in [-0.4, -0.2) is 25.3 Å². The van der Waals surface area contributed by atoms with Crippen molar-refractivity contribution in [2.75, 3.05) is 13.2 Å². The first-order valence-corrected chi connectivity index (χ1v) is 8.25. The molecule has 2 rings (SSSR count). The molecule has 112 valence electrons. The molecule has 1 fully saturated rings. The van der Waals surface area contributed by atoms with Crippen molar-refractivity contribution in [3.8, 4) is 0 Å². The van der Waals surface area contributed by atoms with Crippen LogP contribution in [0.5, 0.6) is 0 Å².